The lowest BCUT2D eigenvalue weighted by Crippen LogP contribution is -2.30. The van der Waals surface area contributed by atoms with Gasteiger partial charge in [-0.1, -0.05) is 72.3 Å². The summed E-state index contributed by atoms with van der Waals surface area (Å²) in [6.45, 7) is 0.514. The number of benzene rings is 3. The van der Waals surface area contributed by atoms with Gasteiger partial charge in [0.25, 0.3) is 0 Å². The summed E-state index contributed by atoms with van der Waals surface area (Å²) in [7, 11) is 0. The maximum absolute atomic E-state index is 13.1. The molecule has 0 N–H and O–H groups in total. The van der Waals surface area contributed by atoms with Crippen LogP contribution < -0.4 is 4.90 Å². The van der Waals surface area contributed by atoms with E-state index in [0.717, 1.165) is 16.8 Å². The van der Waals surface area contributed by atoms with Crippen molar-refractivity contribution in [3.63, 3.8) is 0 Å². The Morgan fingerprint density at radius 1 is 0.900 bits per heavy atom. The Labute approximate surface area is 180 Å². The molecular weight excluding hydrogens is 396 g/mol. The van der Waals surface area contributed by atoms with Crippen molar-refractivity contribution in [3.8, 4) is 11.3 Å². The highest BCUT2D eigenvalue weighted by Gasteiger charge is 2.18. The van der Waals surface area contributed by atoms with E-state index in [9.17, 15) is 4.79 Å². The normalized spacial score (nSPS) is 10.7. The fraction of sp³-hybridized carbons (Fsp3) is 0.120. The van der Waals surface area contributed by atoms with Crippen LogP contribution in [0.3, 0.4) is 0 Å². The first-order valence-corrected chi connectivity index (χ1v) is 10.2. The molecule has 0 fully saturated rings. The van der Waals surface area contributed by atoms with Crippen LogP contribution in [0.15, 0.2) is 95.5 Å². The Hall–Kier alpha value is -3.37. The van der Waals surface area contributed by atoms with Gasteiger partial charge in [0.2, 0.25) is 5.91 Å². The van der Waals surface area contributed by atoms with E-state index < -0.39 is 0 Å². The summed E-state index contributed by atoms with van der Waals surface area (Å²) in [5, 5.41) is 0.606. The average molecular weight is 417 g/mol. The van der Waals surface area contributed by atoms with E-state index in [0.29, 0.717) is 36.1 Å². The molecule has 5 heteroatoms. The van der Waals surface area contributed by atoms with E-state index >= 15 is 0 Å². The number of aromatic nitrogens is 1. The molecule has 1 aromatic heterocycles. The zero-order chi connectivity index (χ0) is 20.8. The second-order valence-electron chi connectivity index (χ2n) is 6.90. The summed E-state index contributed by atoms with van der Waals surface area (Å²) in [5.74, 6) is 1.14. The zero-order valence-corrected chi connectivity index (χ0v) is 17.1. The highest BCUT2D eigenvalue weighted by Crippen LogP contribution is 2.28. The van der Waals surface area contributed by atoms with Crippen LogP contribution in [0.4, 0.5) is 5.69 Å². The summed E-state index contributed by atoms with van der Waals surface area (Å²) < 4.78 is 5.84. The number of halogens is 1. The maximum atomic E-state index is 13.1. The van der Waals surface area contributed by atoms with Crippen molar-refractivity contribution in [3.05, 3.63) is 108 Å². The van der Waals surface area contributed by atoms with E-state index in [-0.39, 0.29) is 5.91 Å². The molecule has 0 radical (unpaired) electrons. The third-order valence-electron chi connectivity index (χ3n) is 4.80. The monoisotopic (exact) mass is 416 g/mol. The lowest BCUT2D eigenvalue weighted by atomic mass is 10.1. The molecule has 0 atom stereocenters. The quantitative estimate of drug-likeness (QED) is 0.362. The number of para-hydroxylation sites is 1. The fourth-order valence-corrected chi connectivity index (χ4v) is 3.49. The Morgan fingerprint density at radius 3 is 2.30 bits per heavy atom. The Morgan fingerprint density at radius 2 is 1.57 bits per heavy atom. The van der Waals surface area contributed by atoms with Crippen LogP contribution in [0.25, 0.3) is 11.3 Å². The molecule has 0 aliphatic rings. The molecule has 0 bridgehead atoms. The number of nitrogens with zero attached hydrogens (tertiary/aromatic N) is 2. The number of carbonyl (C=O) groups is 1. The van der Waals surface area contributed by atoms with E-state index in [2.05, 4.69) is 4.98 Å². The molecule has 0 aliphatic heterocycles. The zero-order valence-electron chi connectivity index (χ0n) is 16.4. The van der Waals surface area contributed by atoms with Gasteiger partial charge in [-0.3, -0.25) is 4.79 Å². The molecule has 3 aromatic carbocycles. The van der Waals surface area contributed by atoms with Gasteiger partial charge in [0, 0.05) is 24.1 Å². The van der Waals surface area contributed by atoms with Crippen LogP contribution in [0.5, 0.6) is 0 Å². The van der Waals surface area contributed by atoms with Crippen molar-refractivity contribution in [2.75, 3.05) is 4.90 Å². The van der Waals surface area contributed by atoms with Gasteiger partial charge in [-0.15, -0.1) is 0 Å². The highest BCUT2D eigenvalue weighted by molar-refractivity contribution is 6.33. The number of oxazole rings is 1. The van der Waals surface area contributed by atoms with Gasteiger partial charge in [0.1, 0.15) is 0 Å². The summed E-state index contributed by atoms with van der Waals surface area (Å²) in [6.07, 6.45) is 2.37. The highest BCUT2D eigenvalue weighted by atomic mass is 35.5. The SMILES string of the molecule is O=C(CCc1ncc(-c2ccccc2Cl)o1)N(Cc1ccccc1)c1ccccc1. The van der Waals surface area contributed by atoms with Crippen LogP contribution in [0.1, 0.15) is 17.9 Å². The van der Waals surface area contributed by atoms with Crippen molar-refractivity contribution in [1.82, 2.24) is 4.98 Å². The van der Waals surface area contributed by atoms with Crippen molar-refractivity contribution in [2.24, 2.45) is 0 Å². The number of amides is 1. The largest absolute Gasteiger partial charge is 0.441 e. The summed E-state index contributed by atoms with van der Waals surface area (Å²) in [6, 6.07) is 27.1. The van der Waals surface area contributed by atoms with E-state index in [1.165, 1.54) is 0 Å². The fourth-order valence-electron chi connectivity index (χ4n) is 3.26. The topological polar surface area (TPSA) is 46.3 Å². The van der Waals surface area contributed by atoms with Crippen LogP contribution in [0, 0.1) is 0 Å². The van der Waals surface area contributed by atoms with Crippen molar-refractivity contribution in [2.45, 2.75) is 19.4 Å². The van der Waals surface area contributed by atoms with Gasteiger partial charge in [-0.25, -0.2) is 4.98 Å². The third-order valence-corrected chi connectivity index (χ3v) is 5.13. The van der Waals surface area contributed by atoms with E-state index in [1.807, 2.05) is 84.9 Å². The number of hydrogen-bond acceptors (Lipinski definition) is 3. The van der Waals surface area contributed by atoms with Gasteiger partial charge >= 0.3 is 0 Å². The smallest absolute Gasteiger partial charge is 0.227 e. The van der Waals surface area contributed by atoms with E-state index in [4.69, 9.17) is 16.0 Å². The third kappa shape index (κ3) is 4.78. The minimum Gasteiger partial charge on any atom is -0.441 e. The van der Waals surface area contributed by atoms with Gasteiger partial charge in [0.05, 0.1) is 17.8 Å². The van der Waals surface area contributed by atoms with Crippen LogP contribution >= 0.6 is 11.6 Å². The molecule has 1 amide bonds. The minimum absolute atomic E-state index is 0.0162. The van der Waals surface area contributed by atoms with Crippen molar-refractivity contribution >= 4 is 23.2 Å². The first kappa shape index (κ1) is 19.9. The lowest BCUT2D eigenvalue weighted by molar-refractivity contribution is -0.118. The molecule has 0 aliphatic carbocycles. The predicted octanol–water partition coefficient (Wildman–Crippen LogP) is 6.16. The molecule has 4 nitrogen and oxygen atoms in total. The van der Waals surface area contributed by atoms with Gasteiger partial charge < -0.3 is 9.32 Å². The van der Waals surface area contributed by atoms with Gasteiger partial charge in [0.15, 0.2) is 11.7 Å². The molecule has 0 unspecified atom stereocenters. The van der Waals surface area contributed by atoms with Crippen molar-refractivity contribution in [1.29, 1.82) is 0 Å². The molecule has 150 valence electrons. The van der Waals surface area contributed by atoms with Crippen molar-refractivity contribution < 1.29 is 9.21 Å². The molecule has 4 rings (SSSR count). The Kier molecular flexibility index (Phi) is 6.26. The minimum atomic E-state index is 0.0162. The molecule has 0 saturated heterocycles. The molecule has 0 spiro atoms. The predicted molar refractivity (Wildman–Crippen MR) is 119 cm³/mol. The lowest BCUT2D eigenvalue weighted by Gasteiger charge is -2.23. The Bertz CT molecular complexity index is 1110. The number of hydrogen-bond donors (Lipinski definition) is 0. The maximum Gasteiger partial charge on any atom is 0.227 e. The van der Waals surface area contributed by atoms with Crippen LogP contribution in [-0.4, -0.2) is 10.9 Å². The number of aryl methyl sites for hydroxylation is 1. The number of rotatable bonds is 7. The molecule has 0 saturated carbocycles. The molecule has 30 heavy (non-hydrogen) atoms. The first-order chi connectivity index (χ1) is 14.7. The number of carbonyl (C=O) groups excluding carboxylic acids is 1. The standard InChI is InChI=1S/C25H21ClN2O2/c26-22-14-8-7-13-21(22)23-17-27-24(30-23)15-16-25(29)28(20-11-5-2-6-12-20)18-19-9-3-1-4-10-19/h1-14,17H,15-16,18H2. The second-order valence-corrected chi connectivity index (χ2v) is 7.31. The first-order valence-electron chi connectivity index (χ1n) is 9.79. The number of anilines is 1. The summed E-state index contributed by atoms with van der Waals surface area (Å²) in [4.78, 5) is 19.2. The molecule has 1 heterocycles. The van der Waals surface area contributed by atoms with Crippen LogP contribution in [0.2, 0.25) is 5.02 Å². The molecular formula is C25H21ClN2O2. The van der Waals surface area contributed by atoms with Gasteiger partial charge in [-0.05, 0) is 29.8 Å². The van der Waals surface area contributed by atoms with E-state index in [1.54, 1.807) is 11.1 Å². The van der Waals surface area contributed by atoms with Crippen LogP contribution in [-0.2, 0) is 17.8 Å². The summed E-state index contributed by atoms with van der Waals surface area (Å²) >= 11 is 6.23. The molecule has 4 aromatic rings. The Balaban J connectivity index is 1.47. The summed E-state index contributed by atoms with van der Waals surface area (Å²) in [5.41, 5.74) is 2.74. The second kappa shape index (κ2) is 9.42. The van der Waals surface area contributed by atoms with Gasteiger partial charge in [-0.2, -0.15) is 0 Å². The average Bonchev–Trinajstić information content (AvgIpc) is 3.26.